The zero-order valence-corrected chi connectivity index (χ0v) is 21.4. The van der Waals surface area contributed by atoms with Gasteiger partial charge in [0.15, 0.2) is 5.82 Å². The molecule has 3 amide bonds. The maximum absolute atomic E-state index is 14.0. The summed E-state index contributed by atoms with van der Waals surface area (Å²) in [5, 5.41) is 2.92. The molecule has 1 aromatic heterocycles. The number of carbonyl (C=O) groups is 3. The van der Waals surface area contributed by atoms with Gasteiger partial charge < -0.3 is 15.2 Å². The molecule has 3 atom stereocenters. The summed E-state index contributed by atoms with van der Waals surface area (Å²) in [6.07, 6.45) is -0.159. The fraction of sp³-hybridized carbons (Fsp3) is 0.393. The molecule has 2 N–H and O–H groups in total. The highest BCUT2D eigenvalue weighted by atomic mass is 16.2. The molecule has 0 radical (unpaired) electrons. The number of benzene rings is 2. The lowest BCUT2D eigenvalue weighted by Gasteiger charge is -2.31. The molecule has 9 nitrogen and oxygen atoms in total. The number of carbonyl (C=O) groups excluding carboxylic acids is 3. The maximum Gasteiger partial charge on any atom is 0.302 e. The number of aromatic amines is 1. The quantitative estimate of drug-likeness (QED) is 0.523. The van der Waals surface area contributed by atoms with Crippen LogP contribution in [0.15, 0.2) is 42.5 Å². The summed E-state index contributed by atoms with van der Waals surface area (Å²) >= 11 is 0. The number of para-hydroxylation sites is 2. The Bertz CT molecular complexity index is 1450. The van der Waals surface area contributed by atoms with E-state index in [0.29, 0.717) is 11.9 Å². The summed E-state index contributed by atoms with van der Waals surface area (Å²) in [6, 6.07) is 12.3. The van der Waals surface area contributed by atoms with Crippen molar-refractivity contribution in [3.8, 4) is 0 Å². The smallest absolute Gasteiger partial charge is 0.302 e. The average Bonchev–Trinajstić information content (AvgIpc) is 3.56. The number of amides is 3. The standard InChI is InChI=1S/C28H30N6O3/c1-16(2)13-21(33(5)26(36)24-30-20-12-8-9-17(3)23(20)32-24)25(35)34-15-28(14-22(34)29-4)18-10-6-7-11-19(18)31-27(28)37/h6-12,16,21-22H,13-15H2,1-3,5H3,(H,30,32)(H,31,37)/t21-,22-,28-/m0/s1. The molecule has 9 heteroatoms. The van der Waals surface area contributed by atoms with Crippen LogP contribution in [0.1, 0.15) is 48.4 Å². The van der Waals surface area contributed by atoms with E-state index in [1.54, 1.807) is 7.05 Å². The van der Waals surface area contributed by atoms with Crippen LogP contribution < -0.4 is 5.32 Å². The minimum Gasteiger partial charge on any atom is -0.334 e. The van der Waals surface area contributed by atoms with Crippen LogP contribution in [0.4, 0.5) is 5.69 Å². The van der Waals surface area contributed by atoms with Crippen molar-refractivity contribution in [2.45, 2.75) is 51.2 Å². The predicted molar refractivity (Wildman–Crippen MR) is 140 cm³/mol. The number of nitrogens with zero attached hydrogens (tertiary/aromatic N) is 4. The maximum atomic E-state index is 14.0. The molecule has 0 unspecified atom stereocenters. The number of aryl methyl sites for hydroxylation is 1. The van der Waals surface area contributed by atoms with Crippen molar-refractivity contribution in [2.24, 2.45) is 5.92 Å². The third-order valence-corrected chi connectivity index (χ3v) is 7.57. The molecular formula is C28H30N6O3. The normalized spacial score (nSPS) is 21.2. The Morgan fingerprint density at radius 1 is 1.24 bits per heavy atom. The van der Waals surface area contributed by atoms with Crippen LogP contribution >= 0.6 is 0 Å². The van der Waals surface area contributed by atoms with Crippen molar-refractivity contribution in [3.05, 3.63) is 70.8 Å². The van der Waals surface area contributed by atoms with Crippen LogP contribution in [0.25, 0.3) is 15.9 Å². The van der Waals surface area contributed by atoms with Gasteiger partial charge in [0.1, 0.15) is 11.5 Å². The number of likely N-dealkylation sites (tertiary alicyclic amines) is 1. The third kappa shape index (κ3) is 3.93. The lowest BCUT2D eigenvalue weighted by molar-refractivity contribution is -0.136. The summed E-state index contributed by atoms with van der Waals surface area (Å²) in [6.45, 7) is 13.8. The second-order valence-electron chi connectivity index (χ2n) is 10.5. The summed E-state index contributed by atoms with van der Waals surface area (Å²) in [4.78, 5) is 54.9. The first-order valence-electron chi connectivity index (χ1n) is 12.5. The van der Waals surface area contributed by atoms with Crippen molar-refractivity contribution >= 4 is 34.4 Å². The van der Waals surface area contributed by atoms with E-state index >= 15 is 0 Å². The van der Waals surface area contributed by atoms with Crippen LogP contribution in [0, 0.1) is 19.4 Å². The first-order chi connectivity index (χ1) is 17.7. The number of nitrogens with one attached hydrogen (secondary N) is 2. The number of hydrogen-bond donors (Lipinski definition) is 2. The van der Waals surface area contributed by atoms with Crippen LogP contribution in [-0.2, 0) is 15.0 Å². The molecule has 0 bridgehead atoms. The largest absolute Gasteiger partial charge is 0.334 e. The number of H-pyrrole nitrogens is 1. The molecular weight excluding hydrogens is 468 g/mol. The summed E-state index contributed by atoms with van der Waals surface area (Å²) in [5.41, 5.74) is 2.98. The van der Waals surface area contributed by atoms with E-state index < -0.39 is 23.5 Å². The van der Waals surface area contributed by atoms with Gasteiger partial charge in [0, 0.05) is 19.3 Å². The van der Waals surface area contributed by atoms with Gasteiger partial charge in [-0.3, -0.25) is 24.1 Å². The summed E-state index contributed by atoms with van der Waals surface area (Å²) < 4.78 is 0. The lowest BCUT2D eigenvalue weighted by atomic mass is 9.80. The number of anilines is 1. The van der Waals surface area contributed by atoms with Crippen LogP contribution in [0.2, 0.25) is 0 Å². The van der Waals surface area contributed by atoms with E-state index in [4.69, 9.17) is 6.57 Å². The van der Waals surface area contributed by atoms with Crippen molar-refractivity contribution in [2.75, 3.05) is 18.9 Å². The summed E-state index contributed by atoms with van der Waals surface area (Å²) in [5.74, 6) is -0.642. The zero-order valence-electron chi connectivity index (χ0n) is 21.4. The van der Waals surface area contributed by atoms with Gasteiger partial charge in [0.2, 0.25) is 5.91 Å². The number of aromatic nitrogens is 2. The molecule has 1 spiro atoms. The van der Waals surface area contributed by atoms with Gasteiger partial charge in [-0.1, -0.05) is 44.2 Å². The molecule has 0 aliphatic carbocycles. The lowest BCUT2D eigenvalue weighted by Crippen LogP contribution is -2.51. The fourth-order valence-corrected chi connectivity index (χ4v) is 5.60. The first kappa shape index (κ1) is 24.5. The molecule has 1 saturated heterocycles. The van der Waals surface area contributed by atoms with Gasteiger partial charge in [-0.15, -0.1) is 0 Å². The number of imidazole rings is 1. The molecule has 0 saturated carbocycles. The number of rotatable bonds is 5. The second-order valence-corrected chi connectivity index (χ2v) is 10.5. The van der Waals surface area contributed by atoms with Crippen molar-refractivity contribution in [1.29, 1.82) is 0 Å². The van der Waals surface area contributed by atoms with Crippen LogP contribution in [0.3, 0.4) is 0 Å². The SMILES string of the molecule is [C-]#[N+][C@@H]1C[C@@]2(CN1C(=O)[C@H](CC(C)C)N(C)C(=O)c1nc3c(C)cccc3[nH]1)C(=O)Nc1ccccc12. The Morgan fingerprint density at radius 2 is 2.00 bits per heavy atom. The van der Waals surface area contributed by atoms with E-state index in [1.165, 1.54) is 9.80 Å². The van der Waals surface area contributed by atoms with Crippen molar-refractivity contribution in [3.63, 3.8) is 0 Å². The Labute approximate surface area is 215 Å². The first-order valence-corrected chi connectivity index (χ1v) is 12.5. The third-order valence-electron chi connectivity index (χ3n) is 7.57. The number of fused-ring (bicyclic) bond motifs is 3. The molecule has 5 rings (SSSR count). The van der Waals surface area contributed by atoms with Crippen LogP contribution in [0.5, 0.6) is 0 Å². The van der Waals surface area contributed by atoms with Gasteiger partial charge in [0.25, 0.3) is 11.8 Å². The number of likely N-dealkylation sites (N-methyl/N-ethyl adjacent to an activating group) is 1. The Kier molecular flexibility index (Phi) is 5.98. The van der Waals surface area contributed by atoms with Gasteiger partial charge in [-0.2, -0.15) is 0 Å². The Balaban J connectivity index is 1.46. The van der Waals surface area contributed by atoms with E-state index in [-0.39, 0.29) is 36.5 Å². The minimum atomic E-state index is -0.970. The van der Waals surface area contributed by atoms with E-state index in [0.717, 1.165) is 22.3 Å². The molecule has 2 aliphatic heterocycles. The molecule has 2 aliphatic rings. The van der Waals surface area contributed by atoms with E-state index in [9.17, 15) is 14.4 Å². The van der Waals surface area contributed by atoms with Gasteiger partial charge in [-0.25, -0.2) is 11.6 Å². The van der Waals surface area contributed by atoms with Crippen molar-refractivity contribution < 1.29 is 14.4 Å². The highest BCUT2D eigenvalue weighted by molar-refractivity contribution is 6.07. The highest BCUT2D eigenvalue weighted by Gasteiger charge is 2.59. The molecule has 1 fully saturated rings. The topological polar surface area (TPSA) is 103 Å². The van der Waals surface area contributed by atoms with Gasteiger partial charge in [0.05, 0.1) is 17.5 Å². The Morgan fingerprint density at radius 3 is 2.70 bits per heavy atom. The number of hydrogen-bond acceptors (Lipinski definition) is 4. The minimum absolute atomic E-state index is 0.0994. The van der Waals surface area contributed by atoms with Gasteiger partial charge in [-0.05, 0) is 42.5 Å². The zero-order chi connectivity index (χ0) is 26.5. The monoisotopic (exact) mass is 498 g/mol. The molecule has 2 aromatic carbocycles. The van der Waals surface area contributed by atoms with Gasteiger partial charge >= 0.3 is 6.17 Å². The van der Waals surface area contributed by atoms with E-state index in [1.807, 2.05) is 63.2 Å². The Hall–Kier alpha value is -4.19. The highest BCUT2D eigenvalue weighted by Crippen LogP contribution is 2.47. The molecule has 190 valence electrons. The second kappa shape index (κ2) is 9.04. The predicted octanol–water partition coefficient (Wildman–Crippen LogP) is 3.73. The molecule has 3 aromatic rings. The molecule has 37 heavy (non-hydrogen) atoms. The summed E-state index contributed by atoms with van der Waals surface area (Å²) in [7, 11) is 1.60. The average molecular weight is 499 g/mol. The van der Waals surface area contributed by atoms with E-state index in [2.05, 4.69) is 20.1 Å². The molecule has 3 heterocycles. The van der Waals surface area contributed by atoms with Crippen LogP contribution in [-0.4, -0.2) is 63.3 Å². The van der Waals surface area contributed by atoms with Crippen molar-refractivity contribution in [1.82, 2.24) is 19.8 Å². The fourth-order valence-electron chi connectivity index (χ4n) is 5.60.